The SMILES string of the molecule is CCOc1cc(/C=C2\SC(=S)N(CC)C2=O)cc(Cl)c1OCCOc1cc(C)cc(C)c1. The number of benzene rings is 2. The zero-order valence-corrected chi connectivity index (χ0v) is 21.0. The van der Waals surface area contributed by atoms with E-state index in [1.165, 1.54) is 11.8 Å². The van der Waals surface area contributed by atoms with Crippen LogP contribution in [0.5, 0.6) is 17.2 Å². The Labute approximate surface area is 203 Å². The maximum absolute atomic E-state index is 12.5. The molecule has 1 heterocycles. The van der Waals surface area contributed by atoms with Crippen molar-refractivity contribution in [3.63, 3.8) is 0 Å². The lowest BCUT2D eigenvalue weighted by Gasteiger charge is -2.15. The molecule has 0 N–H and O–H groups in total. The summed E-state index contributed by atoms with van der Waals surface area (Å²) in [5, 5.41) is 0.402. The number of thiocarbonyl (C=S) groups is 1. The first-order valence-electron chi connectivity index (χ1n) is 10.4. The monoisotopic (exact) mass is 491 g/mol. The van der Waals surface area contributed by atoms with E-state index in [0.717, 1.165) is 22.4 Å². The third-order valence-electron chi connectivity index (χ3n) is 4.61. The predicted molar refractivity (Wildman–Crippen MR) is 135 cm³/mol. The average molecular weight is 492 g/mol. The van der Waals surface area contributed by atoms with Crippen molar-refractivity contribution in [3.8, 4) is 17.2 Å². The number of aryl methyl sites for hydroxylation is 2. The molecule has 0 aromatic heterocycles. The second kappa shape index (κ2) is 11.1. The molecule has 170 valence electrons. The van der Waals surface area contributed by atoms with E-state index in [1.807, 2.05) is 45.9 Å². The topological polar surface area (TPSA) is 48.0 Å². The minimum Gasteiger partial charge on any atom is -0.490 e. The van der Waals surface area contributed by atoms with E-state index in [-0.39, 0.29) is 5.91 Å². The maximum atomic E-state index is 12.5. The summed E-state index contributed by atoms with van der Waals surface area (Å²) in [5.41, 5.74) is 3.04. The number of carbonyl (C=O) groups is 1. The fraction of sp³-hybridized carbons (Fsp3) is 0.333. The van der Waals surface area contributed by atoms with Gasteiger partial charge in [0.05, 0.1) is 16.5 Å². The number of ether oxygens (including phenoxy) is 3. The number of thioether (sulfide) groups is 1. The van der Waals surface area contributed by atoms with Crippen molar-refractivity contribution in [2.45, 2.75) is 27.7 Å². The van der Waals surface area contributed by atoms with Crippen molar-refractivity contribution in [2.75, 3.05) is 26.4 Å². The molecule has 0 spiro atoms. The Morgan fingerprint density at radius 3 is 2.34 bits per heavy atom. The summed E-state index contributed by atoms with van der Waals surface area (Å²) in [7, 11) is 0. The molecule has 0 aliphatic carbocycles. The molecule has 32 heavy (non-hydrogen) atoms. The molecule has 0 radical (unpaired) electrons. The molecule has 1 fully saturated rings. The van der Waals surface area contributed by atoms with Gasteiger partial charge in [-0.1, -0.05) is 41.6 Å². The van der Waals surface area contributed by atoms with Crippen LogP contribution in [0.15, 0.2) is 35.2 Å². The highest BCUT2D eigenvalue weighted by Crippen LogP contribution is 2.39. The van der Waals surface area contributed by atoms with Gasteiger partial charge in [0.1, 0.15) is 23.3 Å². The molecule has 0 saturated carbocycles. The van der Waals surface area contributed by atoms with E-state index in [0.29, 0.717) is 52.1 Å². The van der Waals surface area contributed by atoms with E-state index in [1.54, 1.807) is 17.0 Å². The Kier molecular flexibility index (Phi) is 8.45. The normalized spacial score (nSPS) is 14.9. The molecular weight excluding hydrogens is 466 g/mol. The lowest BCUT2D eigenvalue weighted by atomic mass is 10.1. The standard InChI is InChI=1S/C24H26ClNO4S2/c1-5-26-23(27)21(32-24(26)31)14-17-12-19(25)22(20(13-17)28-6-2)30-8-7-29-18-10-15(3)9-16(4)11-18/h9-14H,5-8H2,1-4H3/b21-14-. The van der Waals surface area contributed by atoms with Crippen LogP contribution in [0.2, 0.25) is 5.02 Å². The summed E-state index contributed by atoms with van der Waals surface area (Å²) >= 11 is 13.1. The number of amides is 1. The molecule has 0 bridgehead atoms. The van der Waals surface area contributed by atoms with Crippen molar-refractivity contribution in [1.82, 2.24) is 4.90 Å². The number of nitrogens with zero attached hydrogens (tertiary/aromatic N) is 1. The minimum atomic E-state index is -0.0968. The molecule has 2 aromatic carbocycles. The third kappa shape index (κ3) is 5.97. The molecule has 1 aliphatic heterocycles. The molecule has 0 unspecified atom stereocenters. The van der Waals surface area contributed by atoms with E-state index >= 15 is 0 Å². The van der Waals surface area contributed by atoms with Gasteiger partial charge in [-0.3, -0.25) is 9.69 Å². The maximum Gasteiger partial charge on any atom is 0.266 e. The number of likely N-dealkylation sites (N-methyl/N-ethyl adjacent to an activating group) is 1. The molecule has 0 atom stereocenters. The number of halogens is 1. The molecular formula is C24H26ClNO4S2. The smallest absolute Gasteiger partial charge is 0.266 e. The number of carbonyl (C=O) groups excluding carboxylic acids is 1. The molecule has 8 heteroatoms. The highest BCUT2D eigenvalue weighted by atomic mass is 35.5. The van der Waals surface area contributed by atoms with Gasteiger partial charge in [0.2, 0.25) is 0 Å². The van der Waals surface area contributed by atoms with Crippen LogP contribution in [0.3, 0.4) is 0 Å². The van der Waals surface area contributed by atoms with E-state index < -0.39 is 0 Å². The Balaban J connectivity index is 1.72. The van der Waals surface area contributed by atoms with E-state index in [4.69, 9.17) is 38.0 Å². The van der Waals surface area contributed by atoms with Gasteiger partial charge in [-0.15, -0.1) is 0 Å². The first-order chi connectivity index (χ1) is 15.3. The Morgan fingerprint density at radius 1 is 1.03 bits per heavy atom. The molecule has 2 aromatic rings. The van der Waals surface area contributed by atoms with Crippen LogP contribution in [0.4, 0.5) is 0 Å². The predicted octanol–water partition coefficient (Wildman–Crippen LogP) is 6.03. The van der Waals surface area contributed by atoms with Gasteiger partial charge in [0.25, 0.3) is 5.91 Å². The fourth-order valence-corrected chi connectivity index (χ4v) is 4.98. The highest BCUT2D eigenvalue weighted by Gasteiger charge is 2.30. The van der Waals surface area contributed by atoms with Crippen LogP contribution in [-0.4, -0.2) is 41.5 Å². The zero-order valence-electron chi connectivity index (χ0n) is 18.6. The molecule has 1 aliphatic rings. The van der Waals surface area contributed by atoms with Crippen LogP contribution in [-0.2, 0) is 4.79 Å². The second-order valence-electron chi connectivity index (χ2n) is 7.21. The van der Waals surface area contributed by atoms with Gasteiger partial charge in [0, 0.05) is 6.54 Å². The summed E-state index contributed by atoms with van der Waals surface area (Å²) < 4.78 is 18.0. The highest BCUT2D eigenvalue weighted by molar-refractivity contribution is 8.26. The quantitative estimate of drug-likeness (QED) is 0.242. The van der Waals surface area contributed by atoms with Gasteiger partial charge < -0.3 is 14.2 Å². The van der Waals surface area contributed by atoms with Crippen LogP contribution >= 0.6 is 35.6 Å². The molecule has 1 amide bonds. The van der Waals surface area contributed by atoms with Crippen LogP contribution < -0.4 is 14.2 Å². The number of hydrogen-bond donors (Lipinski definition) is 0. The summed E-state index contributed by atoms with van der Waals surface area (Å²) in [6.07, 6.45) is 1.77. The number of hydrogen-bond acceptors (Lipinski definition) is 6. The Hall–Kier alpha value is -2.22. The van der Waals surface area contributed by atoms with Crippen molar-refractivity contribution in [2.24, 2.45) is 0 Å². The Bertz CT molecular complexity index is 1030. The van der Waals surface area contributed by atoms with Gasteiger partial charge >= 0.3 is 0 Å². The lowest BCUT2D eigenvalue weighted by molar-refractivity contribution is -0.121. The van der Waals surface area contributed by atoms with Gasteiger partial charge in [-0.05, 0) is 74.7 Å². The first-order valence-corrected chi connectivity index (χ1v) is 12.0. The summed E-state index contributed by atoms with van der Waals surface area (Å²) in [6, 6.07) is 9.64. The van der Waals surface area contributed by atoms with Crippen LogP contribution in [0, 0.1) is 13.8 Å². The van der Waals surface area contributed by atoms with E-state index in [2.05, 4.69) is 6.07 Å². The van der Waals surface area contributed by atoms with Gasteiger partial charge in [-0.25, -0.2) is 0 Å². The zero-order chi connectivity index (χ0) is 23.3. The fourth-order valence-electron chi connectivity index (χ4n) is 3.32. The summed E-state index contributed by atoms with van der Waals surface area (Å²) in [5.74, 6) is 1.68. The van der Waals surface area contributed by atoms with Crippen molar-refractivity contribution >= 4 is 51.9 Å². The van der Waals surface area contributed by atoms with Crippen molar-refractivity contribution in [1.29, 1.82) is 0 Å². The van der Waals surface area contributed by atoms with Crippen LogP contribution in [0.1, 0.15) is 30.5 Å². The molecule has 5 nitrogen and oxygen atoms in total. The van der Waals surface area contributed by atoms with Crippen molar-refractivity contribution < 1.29 is 19.0 Å². The van der Waals surface area contributed by atoms with Gasteiger partial charge in [-0.2, -0.15) is 0 Å². The van der Waals surface area contributed by atoms with E-state index in [9.17, 15) is 4.79 Å². The summed E-state index contributed by atoms with van der Waals surface area (Å²) in [6.45, 7) is 9.52. The van der Waals surface area contributed by atoms with Crippen molar-refractivity contribution in [3.05, 3.63) is 56.9 Å². The molecule has 3 rings (SSSR count). The Morgan fingerprint density at radius 2 is 1.72 bits per heavy atom. The third-order valence-corrected chi connectivity index (χ3v) is 6.27. The first kappa shape index (κ1) is 24.4. The van der Waals surface area contributed by atoms with Crippen LogP contribution in [0.25, 0.3) is 6.08 Å². The summed E-state index contributed by atoms with van der Waals surface area (Å²) in [4.78, 5) is 14.6. The number of rotatable bonds is 9. The molecule has 1 saturated heterocycles. The average Bonchev–Trinajstić information content (AvgIpc) is 2.98. The van der Waals surface area contributed by atoms with Gasteiger partial charge in [0.15, 0.2) is 11.5 Å². The second-order valence-corrected chi connectivity index (χ2v) is 9.29. The largest absolute Gasteiger partial charge is 0.490 e. The lowest BCUT2D eigenvalue weighted by Crippen LogP contribution is -2.27. The minimum absolute atomic E-state index is 0.0968.